The Morgan fingerprint density at radius 2 is 1.76 bits per heavy atom. The summed E-state index contributed by atoms with van der Waals surface area (Å²) in [4.78, 5) is 51.9. The highest BCUT2D eigenvalue weighted by atomic mass is 79.9. The molecule has 174 valence electrons. The second kappa shape index (κ2) is 8.51. The fraction of sp³-hybridized carbons (Fsp3) is 0.308. The topological polar surface area (TPSA) is 92.8 Å². The van der Waals surface area contributed by atoms with Gasteiger partial charge in [-0.3, -0.25) is 19.3 Å². The molecule has 4 atom stereocenters. The van der Waals surface area contributed by atoms with E-state index in [-0.39, 0.29) is 41.0 Å². The molecule has 0 radical (unpaired) electrons. The van der Waals surface area contributed by atoms with Crippen molar-refractivity contribution in [2.45, 2.75) is 20.3 Å². The highest BCUT2D eigenvalue weighted by Gasteiger charge is 2.60. The van der Waals surface area contributed by atoms with Crippen molar-refractivity contribution >= 4 is 51.0 Å². The standard InChI is InChI=1S/C26H23BrN2O5/c1-13-9-16-11-19(13)23-22(16)24(31)29(25(23)32)18-6-3-15(4-7-18)26(33)34-12-21(30)28-20-8-5-17(27)10-14(20)2/h3-10,16,19,22-23H,11-12H2,1-2H3,(H,28,30)/t16-,19+,22-,23-/m0/s1. The molecule has 0 spiro atoms. The summed E-state index contributed by atoms with van der Waals surface area (Å²) in [6.45, 7) is 3.46. The zero-order valence-electron chi connectivity index (χ0n) is 18.7. The number of esters is 1. The van der Waals surface area contributed by atoms with Gasteiger partial charge in [0, 0.05) is 10.2 Å². The smallest absolute Gasteiger partial charge is 0.338 e. The van der Waals surface area contributed by atoms with Gasteiger partial charge in [-0.05, 0) is 80.1 Å². The van der Waals surface area contributed by atoms with E-state index >= 15 is 0 Å². The van der Waals surface area contributed by atoms with Gasteiger partial charge < -0.3 is 10.1 Å². The number of allylic oxidation sites excluding steroid dienone is 2. The predicted molar refractivity (Wildman–Crippen MR) is 129 cm³/mol. The molecule has 0 unspecified atom stereocenters. The van der Waals surface area contributed by atoms with E-state index in [1.54, 1.807) is 18.2 Å². The van der Waals surface area contributed by atoms with Gasteiger partial charge in [-0.2, -0.15) is 0 Å². The van der Waals surface area contributed by atoms with Gasteiger partial charge in [0.15, 0.2) is 6.61 Å². The van der Waals surface area contributed by atoms with Crippen LogP contribution in [0, 0.1) is 30.6 Å². The summed E-state index contributed by atoms with van der Waals surface area (Å²) in [5.74, 6) is -1.71. The maximum absolute atomic E-state index is 13.1. The van der Waals surface area contributed by atoms with E-state index in [4.69, 9.17) is 4.74 Å². The van der Waals surface area contributed by atoms with E-state index in [0.29, 0.717) is 11.4 Å². The van der Waals surface area contributed by atoms with Gasteiger partial charge >= 0.3 is 5.97 Å². The molecule has 34 heavy (non-hydrogen) atoms. The average molecular weight is 523 g/mol. The zero-order chi connectivity index (χ0) is 24.1. The monoisotopic (exact) mass is 522 g/mol. The predicted octanol–water partition coefficient (Wildman–Crippen LogP) is 4.25. The van der Waals surface area contributed by atoms with Crippen LogP contribution in [0.2, 0.25) is 0 Å². The summed E-state index contributed by atoms with van der Waals surface area (Å²) in [6.07, 6.45) is 3.01. The molecule has 1 N–H and O–H groups in total. The molecule has 1 heterocycles. The molecule has 3 amide bonds. The minimum Gasteiger partial charge on any atom is -0.452 e. The molecule has 2 aromatic carbocycles. The number of fused-ring (bicyclic) bond motifs is 5. The number of carbonyl (C=O) groups excluding carboxylic acids is 4. The minimum atomic E-state index is -0.664. The van der Waals surface area contributed by atoms with Crippen molar-refractivity contribution in [2.24, 2.45) is 23.7 Å². The molecular weight excluding hydrogens is 500 g/mol. The molecule has 7 nitrogen and oxygen atoms in total. The van der Waals surface area contributed by atoms with Crippen LogP contribution in [0.15, 0.2) is 58.6 Å². The number of nitrogens with one attached hydrogen (secondary N) is 1. The second-order valence-corrected chi connectivity index (χ2v) is 10.0. The highest BCUT2D eigenvalue weighted by molar-refractivity contribution is 9.10. The minimum absolute atomic E-state index is 0.137. The molecule has 1 aliphatic heterocycles. The van der Waals surface area contributed by atoms with Crippen LogP contribution in [0.3, 0.4) is 0 Å². The van der Waals surface area contributed by atoms with Crippen LogP contribution in [0.25, 0.3) is 0 Å². The number of carbonyl (C=O) groups is 4. The third-order valence-corrected chi connectivity index (χ3v) is 7.53. The fourth-order valence-corrected chi connectivity index (χ4v) is 5.92. The largest absolute Gasteiger partial charge is 0.452 e. The van der Waals surface area contributed by atoms with Crippen LogP contribution >= 0.6 is 15.9 Å². The van der Waals surface area contributed by atoms with E-state index in [1.807, 2.05) is 26.0 Å². The first-order valence-corrected chi connectivity index (χ1v) is 11.9. The van der Waals surface area contributed by atoms with E-state index in [1.165, 1.54) is 22.6 Å². The van der Waals surface area contributed by atoms with Crippen molar-refractivity contribution in [1.82, 2.24) is 0 Å². The van der Waals surface area contributed by atoms with Gasteiger partial charge in [0.1, 0.15) is 0 Å². The number of rotatable bonds is 5. The van der Waals surface area contributed by atoms with Gasteiger partial charge in [-0.25, -0.2) is 4.79 Å². The number of imide groups is 1. The zero-order valence-corrected chi connectivity index (χ0v) is 20.3. The van der Waals surface area contributed by atoms with Crippen molar-refractivity contribution in [2.75, 3.05) is 16.8 Å². The van der Waals surface area contributed by atoms with Gasteiger partial charge in [0.2, 0.25) is 11.8 Å². The summed E-state index contributed by atoms with van der Waals surface area (Å²) >= 11 is 3.37. The molecule has 3 aliphatic rings. The van der Waals surface area contributed by atoms with Crippen molar-refractivity contribution in [3.8, 4) is 0 Å². The fourth-order valence-electron chi connectivity index (χ4n) is 5.44. The van der Waals surface area contributed by atoms with Crippen LogP contribution in [0.5, 0.6) is 0 Å². The molecule has 1 saturated heterocycles. The first kappa shape index (κ1) is 22.5. The quantitative estimate of drug-likeness (QED) is 0.360. The third kappa shape index (κ3) is 3.76. The lowest BCUT2D eigenvalue weighted by Gasteiger charge is -2.19. The van der Waals surface area contributed by atoms with Crippen LogP contribution in [-0.2, 0) is 19.1 Å². The van der Waals surface area contributed by atoms with Gasteiger partial charge in [-0.15, -0.1) is 0 Å². The summed E-state index contributed by atoms with van der Waals surface area (Å²) in [7, 11) is 0. The maximum atomic E-state index is 13.1. The average Bonchev–Trinajstić information content (AvgIpc) is 3.44. The lowest BCUT2D eigenvalue weighted by molar-refractivity contribution is -0.123. The number of nitrogens with zero attached hydrogens (tertiary/aromatic N) is 1. The summed E-state index contributed by atoms with van der Waals surface area (Å²) in [5.41, 5.74) is 3.39. The number of amides is 3. The number of anilines is 2. The number of hydrogen-bond acceptors (Lipinski definition) is 5. The lowest BCUT2D eigenvalue weighted by atomic mass is 9.82. The van der Waals surface area contributed by atoms with Crippen molar-refractivity contribution in [3.05, 3.63) is 69.7 Å². The third-order valence-electron chi connectivity index (χ3n) is 7.04. The Bertz CT molecular complexity index is 1250. The molecule has 8 heteroatoms. The summed E-state index contributed by atoms with van der Waals surface area (Å²) < 4.78 is 6.03. The van der Waals surface area contributed by atoms with Crippen LogP contribution < -0.4 is 10.2 Å². The Morgan fingerprint density at radius 1 is 1.06 bits per heavy atom. The molecule has 5 rings (SSSR count). The maximum Gasteiger partial charge on any atom is 0.338 e. The second-order valence-electron chi connectivity index (χ2n) is 9.11. The van der Waals surface area contributed by atoms with Crippen LogP contribution in [0.1, 0.15) is 29.3 Å². The first-order valence-electron chi connectivity index (χ1n) is 11.1. The first-order chi connectivity index (χ1) is 16.2. The molecule has 1 saturated carbocycles. The van der Waals surface area contributed by atoms with Gasteiger partial charge in [0.05, 0.1) is 23.1 Å². The Kier molecular flexibility index (Phi) is 5.64. The molecule has 2 fully saturated rings. The van der Waals surface area contributed by atoms with Crippen LogP contribution in [-0.4, -0.2) is 30.3 Å². The molecule has 2 aliphatic carbocycles. The molecular formula is C26H23BrN2O5. The van der Waals surface area contributed by atoms with E-state index < -0.39 is 18.5 Å². The molecule has 0 aromatic heterocycles. The summed E-state index contributed by atoms with van der Waals surface area (Å²) in [6, 6.07) is 11.6. The van der Waals surface area contributed by atoms with E-state index in [0.717, 1.165) is 16.5 Å². The van der Waals surface area contributed by atoms with Crippen LogP contribution in [0.4, 0.5) is 11.4 Å². The Morgan fingerprint density at radius 3 is 2.47 bits per heavy atom. The number of benzene rings is 2. The SMILES string of the molecule is CC1=C[C@H]2C[C@H]1[C@@H]1C(=O)N(c3ccc(C(=O)OCC(=O)Nc4ccc(Br)cc4C)cc3)C(=O)[C@H]12. The van der Waals surface area contributed by atoms with Crippen molar-refractivity contribution in [3.63, 3.8) is 0 Å². The normalized spacial score (nSPS) is 24.8. The van der Waals surface area contributed by atoms with Crippen molar-refractivity contribution < 1.29 is 23.9 Å². The van der Waals surface area contributed by atoms with Gasteiger partial charge in [0.25, 0.3) is 5.91 Å². The van der Waals surface area contributed by atoms with E-state index in [9.17, 15) is 19.2 Å². The van der Waals surface area contributed by atoms with Crippen molar-refractivity contribution in [1.29, 1.82) is 0 Å². The van der Waals surface area contributed by atoms with E-state index in [2.05, 4.69) is 27.3 Å². The number of hydrogen-bond donors (Lipinski definition) is 1. The Hall–Kier alpha value is -3.26. The molecule has 2 aromatic rings. The molecule has 2 bridgehead atoms. The Balaban J connectivity index is 1.21. The summed E-state index contributed by atoms with van der Waals surface area (Å²) in [5, 5.41) is 2.71. The Labute approximate surface area is 205 Å². The van der Waals surface area contributed by atoms with Gasteiger partial charge in [-0.1, -0.05) is 27.6 Å². The lowest BCUT2D eigenvalue weighted by Crippen LogP contribution is -2.33. The number of halogens is 1. The number of aryl methyl sites for hydroxylation is 1. The highest BCUT2D eigenvalue weighted by Crippen LogP contribution is 2.55. The number of ether oxygens (including phenoxy) is 1.